The molecule has 1 N–H and O–H groups in total. The predicted octanol–water partition coefficient (Wildman–Crippen LogP) is 5.42. The van der Waals surface area contributed by atoms with E-state index in [0.29, 0.717) is 0 Å². The number of anilines is 1. The summed E-state index contributed by atoms with van der Waals surface area (Å²) in [6.07, 6.45) is 1.86. The van der Waals surface area contributed by atoms with Gasteiger partial charge in [-0.25, -0.2) is 0 Å². The third-order valence-electron chi connectivity index (χ3n) is 3.03. The molecule has 2 nitrogen and oxygen atoms in total. The lowest BCUT2D eigenvalue weighted by atomic mass is 10.2. The van der Waals surface area contributed by atoms with Crippen molar-refractivity contribution in [1.82, 2.24) is 0 Å². The van der Waals surface area contributed by atoms with E-state index in [1.54, 1.807) is 11.3 Å². The van der Waals surface area contributed by atoms with Crippen LogP contribution in [-0.4, -0.2) is 6.21 Å². The highest BCUT2D eigenvalue weighted by Gasteiger charge is 2.09. The smallest absolute Gasteiger partial charge is 0.0656 e. The van der Waals surface area contributed by atoms with E-state index in [9.17, 15) is 0 Å². The van der Waals surface area contributed by atoms with Gasteiger partial charge in [0.25, 0.3) is 0 Å². The van der Waals surface area contributed by atoms with Crippen molar-refractivity contribution in [3.8, 4) is 0 Å². The summed E-state index contributed by atoms with van der Waals surface area (Å²) in [4.78, 5) is 1.12. The van der Waals surface area contributed by atoms with Gasteiger partial charge in [-0.05, 0) is 40.5 Å². The first-order valence-electron chi connectivity index (χ1n) is 6.27. The van der Waals surface area contributed by atoms with Crippen LogP contribution in [0.25, 0.3) is 10.1 Å². The Labute approximate surface area is 130 Å². The molecule has 1 aromatic heterocycles. The van der Waals surface area contributed by atoms with E-state index in [1.807, 2.05) is 36.5 Å². The molecule has 0 atom stereocenters. The Hall–Kier alpha value is -1.65. The second-order valence-corrected chi connectivity index (χ2v) is 6.31. The number of thiophene rings is 1. The Morgan fingerprint density at radius 3 is 2.65 bits per heavy atom. The first-order chi connectivity index (χ1) is 9.75. The van der Waals surface area contributed by atoms with Gasteiger partial charge < -0.3 is 0 Å². The van der Waals surface area contributed by atoms with Gasteiger partial charge in [0.15, 0.2) is 0 Å². The minimum atomic E-state index is 0.983. The third kappa shape index (κ3) is 2.62. The summed E-state index contributed by atoms with van der Waals surface area (Å²) in [5.74, 6) is 0. The molecule has 0 bridgehead atoms. The van der Waals surface area contributed by atoms with E-state index in [-0.39, 0.29) is 0 Å². The normalized spacial score (nSPS) is 11.3. The number of benzene rings is 2. The lowest BCUT2D eigenvalue weighted by Crippen LogP contribution is -1.88. The number of halogens is 1. The monoisotopic (exact) mass is 344 g/mol. The summed E-state index contributed by atoms with van der Waals surface area (Å²) in [5.41, 5.74) is 5.31. The fourth-order valence-electron chi connectivity index (χ4n) is 2.01. The second kappa shape index (κ2) is 5.77. The van der Waals surface area contributed by atoms with E-state index in [2.05, 4.69) is 51.6 Å². The van der Waals surface area contributed by atoms with Crippen LogP contribution in [0.15, 0.2) is 58.1 Å². The van der Waals surface area contributed by atoms with Crippen LogP contribution in [0.5, 0.6) is 0 Å². The molecule has 0 spiro atoms. The zero-order valence-corrected chi connectivity index (χ0v) is 13.3. The van der Waals surface area contributed by atoms with Crippen LogP contribution in [0.3, 0.4) is 0 Å². The summed E-state index contributed by atoms with van der Waals surface area (Å²) in [6, 6.07) is 16.3. The molecule has 0 radical (unpaired) electrons. The molecule has 0 aliphatic heterocycles. The van der Waals surface area contributed by atoms with Gasteiger partial charge in [-0.1, -0.05) is 36.4 Å². The molecule has 1 heterocycles. The Bertz CT molecular complexity index is 763. The molecule has 3 rings (SSSR count). The van der Waals surface area contributed by atoms with Crippen LogP contribution in [-0.2, 0) is 0 Å². The van der Waals surface area contributed by atoms with Crippen molar-refractivity contribution in [3.63, 3.8) is 0 Å². The van der Waals surface area contributed by atoms with Gasteiger partial charge in [-0.15, -0.1) is 11.3 Å². The molecule has 0 unspecified atom stereocenters. The quantitative estimate of drug-likeness (QED) is 0.498. The van der Waals surface area contributed by atoms with Gasteiger partial charge in [0.05, 0.1) is 16.8 Å². The minimum Gasteiger partial charge on any atom is -0.278 e. The molecule has 4 heteroatoms. The van der Waals surface area contributed by atoms with Crippen LogP contribution in [0.2, 0.25) is 0 Å². The van der Waals surface area contributed by atoms with Gasteiger partial charge in [0.1, 0.15) is 0 Å². The molecule has 0 saturated heterocycles. The van der Waals surface area contributed by atoms with Crippen molar-refractivity contribution in [1.29, 1.82) is 0 Å². The van der Waals surface area contributed by atoms with Gasteiger partial charge in [0, 0.05) is 14.6 Å². The Morgan fingerprint density at radius 1 is 1.10 bits per heavy atom. The van der Waals surface area contributed by atoms with Crippen LogP contribution < -0.4 is 5.43 Å². The number of fused-ring (bicyclic) bond motifs is 1. The molecule has 0 fully saturated rings. The van der Waals surface area contributed by atoms with Crippen LogP contribution in [0, 0.1) is 6.92 Å². The molecule has 2 aromatic carbocycles. The summed E-state index contributed by atoms with van der Waals surface area (Å²) in [5, 5.41) is 5.55. The Kier molecular flexibility index (Phi) is 3.85. The van der Waals surface area contributed by atoms with Crippen molar-refractivity contribution < 1.29 is 0 Å². The van der Waals surface area contributed by atoms with E-state index >= 15 is 0 Å². The zero-order chi connectivity index (χ0) is 13.9. The van der Waals surface area contributed by atoms with E-state index < -0.39 is 0 Å². The van der Waals surface area contributed by atoms with Gasteiger partial charge in [0.2, 0.25) is 0 Å². The SMILES string of the molecule is Cc1cccc2c(Br)c(/C=N/Nc3ccccc3)sc12. The number of aryl methyl sites for hydroxylation is 1. The van der Waals surface area contributed by atoms with Crippen molar-refractivity contribution in [2.45, 2.75) is 6.92 Å². The van der Waals surface area contributed by atoms with Gasteiger partial charge >= 0.3 is 0 Å². The summed E-state index contributed by atoms with van der Waals surface area (Å²) in [6.45, 7) is 2.13. The molecule has 100 valence electrons. The highest BCUT2D eigenvalue weighted by molar-refractivity contribution is 9.10. The van der Waals surface area contributed by atoms with E-state index in [4.69, 9.17) is 0 Å². The largest absolute Gasteiger partial charge is 0.278 e. The number of nitrogens with zero attached hydrogens (tertiary/aromatic N) is 1. The first kappa shape index (κ1) is 13.3. The topological polar surface area (TPSA) is 24.4 Å². The average Bonchev–Trinajstić information content (AvgIpc) is 2.79. The van der Waals surface area contributed by atoms with Gasteiger partial charge in [-0.3, -0.25) is 5.43 Å². The van der Waals surface area contributed by atoms with Crippen molar-refractivity contribution in [2.24, 2.45) is 5.10 Å². The fourth-order valence-corrected chi connectivity index (χ4v) is 3.85. The molecule has 20 heavy (non-hydrogen) atoms. The van der Waals surface area contributed by atoms with Crippen molar-refractivity contribution >= 4 is 49.3 Å². The van der Waals surface area contributed by atoms with Crippen LogP contribution in [0.4, 0.5) is 5.69 Å². The second-order valence-electron chi connectivity index (χ2n) is 4.47. The minimum absolute atomic E-state index is 0.983. The summed E-state index contributed by atoms with van der Waals surface area (Å²) < 4.78 is 2.42. The molecule has 0 saturated carbocycles. The van der Waals surface area contributed by atoms with Gasteiger partial charge in [-0.2, -0.15) is 5.10 Å². The van der Waals surface area contributed by atoms with Crippen LogP contribution >= 0.6 is 27.3 Å². The van der Waals surface area contributed by atoms with E-state index in [0.717, 1.165) is 15.0 Å². The molecule has 0 aliphatic carbocycles. The average molecular weight is 345 g/mol. The maximum absolute atomic E-state index is 4.30. The number of rotatable bonds is 3. The third-order valence-corrected chi connectivity index (χ3v) is 5.42. The number of para-hydroxylation sites is 1. The summed E-state index contributed by atoms with van der Waals surface area (Å²) in [7, 11) is 0. The van der Waals surface area contributed by atoms with Crippen molar-refractivity contribution in [3.05, 3.63) is 63.4 Å². The highest BCUT2D eigenvalue weighted by atomic mass is 79.9. The Balaban J connectivity index is 1.88. The molecule has 0 aliphatic rings. The molecule has 3 aromatic rings. The highest BCUT2D eigenvalue weighted by Crippen LogP contribution is 2.36. The lowest BCUT2D eigenvalue weighted by molar-refractivity contribution is 1.35. The standard InChI is InChI=1S/C16H13BrN2S/c1-11-6-5-9-13-15(17)14(20-16(11)13)10-18-19-12-7-3-2-4-8-12/h2-10,19H,1H3/b18-10+. The number of nitrogens with one attached hydrogen (secondary N) is 1. The molecule has 0 amide bonds. The van der Waals surface area contributed by atoms with Crippen molar-refractivity contribution in [2.75, 3.05) is 5.43 Å². The predicted molar refractivity (Wildman–Crippen MR) is 91.9 cm³/mol. The maximum atomic E-state index is 4.30. The fraction of sp³-hybridized carbons (Fsp3) is 0.0625. The number of hydrogen-bond acceptors (Lipinski definition) is 3. The Morgan fingerprint density at radius 2 is 1.90 bits per heavy atom. The molecular weight excluding hydrogens is 332 g/mol. The number of hydrazone groups is 1. The summed E-state index contributed by atoms with van der Waals surface area (Å²) >= 11 is 5.41. The molecular formula is C16H13BrN2S. The zero-order valence-electron chi connectivity index (χ0n) is 10.9. The maximum Gasteiger partial charge on any atom is 0.0656 e. The lowest BCUT2D eigenvalue weighted by Gasteiger charge is -1.97. The van der Waals surface area contributed by atoms with E-state index in [1.165, 1.54) is 15.6 Å². The first-order valence-corrected chi connectivity index (χ1v) is 7.88. The van der Waals surface area contributed by atoms with Crippen LogP contribution in [0.1, 0.15) is 10.4 Å². The number of hydrogen-bond donors (Lipinski definition) is 1.